The van der Waals surface area contributed by atoms with E-state index in [1.165, 1.54) is 11.4 Å². The minimum Gasteiger partial charge on any atom is -0.508 e. The number of rotatable bonds is 0. The van der Waals surface area contributed by atoms with Gasteiger partial charge in [0.25, 0.3) is 0 Å². The first-order chi connectivity index (χ1) is 8.68. The molecule has 2 aromatic carbocycles. The van der Waals surface area contributed by atoms with E-state index in [1.54, 1.807) is 24.3 Å². The summed E-state index contributed by atoms with van der Waals surface area (Å²) in [5, 5.41) is 8.63. The van der Waals surface area contributed by atoms with E-state index in [-0.39, 0.29) is 0 Å². The van der Waals surface area contributed by atoms with Gasteiger partial charge in [0.2, 0.25) is 0 Å². The maximum absolute atomic E-state index is 8.63. The molecule has 0 aliphatic carbocycles. The number of benzene rings is 2. The van der Waals surface area contributed by atoms with Crippen LogP contribution in [0, 0.1) is 0 Å². The van der Waals surface area contributed by atoms with Gasteiger partial charge >= 0.3 is 0 Å². The maximum atomic E-state index is 8.63. The number of phenols is 1. The van der Waals surface area contributed by atoms with E-state index in [9.17, 15) is 0 Å². The van der Waals surface area contributed by atoms with Gasteiger partial charge in [0.05, 0.1) is 18.0 Å². The molecule has 3 nitrogen and oxygen atoms in total. The van der Waals surface area contributed by atoms with Gasteiger partial charge in [0, 0.05) is 14.1 Å². The number of anilines is 2. The lowest BCUT2D eigenvalue weighted by Gasteiger charge is -2.11. The van der Waals surface area contributed by atoms with Crippen LogP contribution in [-0.2, 0) is 0 Å². The Morgan fingerprint density at radius 3 is 1.61 bits per heavy atom. The first kappa shape index (κ1) is 12.3. The van der Waals surface area contributed by atoms with Crippen molar-refractivity contribution in [1.82, 2.24) is 0 Å². The highest BCUT2D eigenvalue weighted by molar-refractivity contribution is 5.75. The second-order valence-electron chi connectivity index (χ2n) is 4.36. The molecule has 94 valence electrons. The van der Waals surface area contributed by atoms with Crippen molar-refractivity contribution in [2.75, 3.05) is 30.6 Å². The van der Waals surface area contributed by atoms with Crippen LogP contribution < -0.4 is 9.80 Å². The van der Waals surface area contributed by atoms with Gasteiger partial charge in [-0.2, -0.15) is 0 Å². The van der Waals surface area contributed by atoms with E-state index in [4.69, 9.17) is 5.11 Å². The lowest BCUT2D eigenvalue weighted by atomic mass is 10.3. The van der Waals surface area contributed by atoms with Crippen LogP contribution in [0.2, 0.25) is 0 Å². The average Bonchev–Trinajstić information content (AvgIpc) is 2.68. The summed E-state index contributed by atoms with van der Waals surface area (Å²) >= 11 is 0. The van der Waals surface area contributed by atoms with Crippen molar-refractivity contribution < 1.29 is 5.11 Å². The molecule has 1 aliphatic rings. The summed E-state index contributed by atoms with van der Waals surface area (Å²) in [4.78, 5) is 4.49. The predicted octanol–water partition coefficient (Wildman–Crippen LogP) is 2.92. The molecule has 0 saturated heterocycles. The van der Waals surface area contributed by atoms with Crippen LogP contribution >= 0.6 is 0 Å². The van der Waals surface area contributed by atoms with E-state index in [0.717, 1.165) is 6.67 Å². The Labute approximate surface area is 108 Å². The van der Waals surface area contributed by atoms with Gasteiger partial charge in [0.15, 0.2) is 0 Å². The predicted molar refractivity (Wildman–Crippen MR) is 76.2 cm³/mol. The van der Waals surface area contributed by atoms with Crippen molar-refractivity contribution in [3.05, 3.63) is 54.6 Å². The fraction of sp³-hybridized carbons (Fsp3) is 0.200. The van der Waals surface area contributed by atoms with E-state index >= 15 is 0 Å². The Kier molecular flexibility index (Phi) is 3.72. The maximum Gasteiger partial charge on any atom is 0.115 e. The molecule has 1 heterocycles. The van der Waals surface area contributed by atoms with Gasteiger partial charge in [-0.15, -0.1) is 0 Å². The minimum atomic E-state index is 0.322. The van der Waals surface area contributed by atoms with Crippen molar-refractivity contribution in [3.8, 4) is 5.75 Å². The zero-order valence-corrected chi connectivity index (χ0v) is 10.7. The molecular formula is C15H18N2O. The second kappa shape index (κ2) is 5.45. The summed E-state index contributed by atoms with van der Waals surface area (Å²) in [6, 6.07) is 17.2. The van der Waals surface area contributed by atoms with Crippen LogP contribution in [-0.4, -0.2) is 25.9 Å². The number of para-hydroxylation sites is 3. The van der Waals surface area contributed by atoms with Gasteiger partial charge in [-0.1, -0.05) is 30.3 Å². The average molecular weight is 242 g/mol. The SMILES string of the molecule is CN1CN(C)c2ccccc21.Oc1ccccc1. The highest BCUT2D eigenvalue weighted by Crippen LogP contribution is 2.32. The Morgan fingerprint density at radius 2 is 1.22 bits per heavy atom. The molecule has 0 bridgehead atoms. The van der Waals surface area contributed by atoms with Crippen molar-refractivity contribution in [3.63, 3.8) is 0 Å². The van der Waals surface area contributed by atoms with Crippen LogP contribution in [0.5, 0.6) is 5.75 Å². The van der Waals surface area contributed by atoms with Crippen molar-refractivity contribution in [2.24, 2.45) is 0 Å². The fourth-order valence-electron chi connectivity index (χ4n) is 2.01. The fourth-order valence-corrected chi connectivity index (χ4v) is 2.01. The molecule has 1 aliphatic heterocycles. The Balaban J connectivity index is 0.000000149. The Bertz CT molecular complexity index is 472. The second-order valence-corrected chi connectivity index (χ2v) is 4.36. The zero-order chi connectivity index (χ0) is 13.0. The van der Waals surface area contributed by atoms with E-state index in [2.05, 4.69) is 48.2 Å². The van der Waals surface area contributed by atoms with Crippen molar-refractivity contribution in [1.29, 1.82) is 0 Å². The van der Waals surface area contributed by atoms with Gasteiger partial charge < -0.3 is 14.9 Å². The number of fused-ring (bicyclic) bond motifs is 1. The van der Waals surface area contributed by atoms with Gasteiger partial charge in [-0.25, -0.2) is 0 Å². The first-order valence-corrected chi connectivity index (χ1v) is 5.94. The molecule has 0 unspecified atom stereocenters. The standard InChI is InChI=1S/C9H12N2.C6H6O/c1-10-7-11(2)9-6-4-3-5-8(9)10;7-6-4-2-1-3-5-6/h3-6H,7H2,1-2H3;1-5,7H. The highest BCUT2D eigenvalue weighted by atomic mass is 16.3. The molecule has 0 saturated carbocycles. The Hall–Kier alpha value is -2.16. The van der Waals surface area contributed by atoms with Crippen LogP contribution in [0.3, 0.4) is 0 Å². The summed E-state index contributed by atoms with van der Waals surface area (Å²) < 4.78 is 0. The molecule has 0 amide bonds. The molecular weight excluding hydrogens is 224 g/mol. The monoisotopic (exact) mass is 242 g/mol. The molecule has 1 N–H and O–H groups in total. The number of aromatic hydroxyl groups is 1. The van der Waals surface area contributed by atoms with E-state index in [0.29, 0.717) is 5.75 Å². The topological polar surface area (TPSA) is 26.7 Å². The Morgan fingerprint density at radius 1 is 0.778 bits per heavy atom. The first-order valence-electron chi connectivity index (χ1n) is 5.94. The number of phenolic OH excluding ortho intramolecular Hbond substituents is 1. The molecule has 0 atom stereocenters. The number of nitrogens with zero attached hydrogens (tertiary/aromatic N) is 2. The molecule has 18 heavy (non-hydrogen) atoms. The lowest BCUT2D eigenvalue weighted by Crippen LogP contribution is -2.23. The number of hydrogen-bond acceptors (Lipinski definition) is 3. The van der Waals surface area contributed by atoms with E-state index < -0.39 is 0 Å². The van der Waals surface area contributed by atoms with Crippen LogP contribution in [0.1, 0.15) is 0 Å². The van der Waals surface area contributed by atoms with Gasteiger partial charge in [-0.05, 0) is 24.3 Å². The summed E-state index contributed by atoms with van der Waals surface area (Å²) in [6.07, 6.45) is 0. The number of hydrogen-bond donors (Lipinski definition) is 1. The third-order valence-electron chi connectivity index (χ3n) is 2.88. The zero-order valence-electron chi connectivity index (χ0n) is 10.7. The lowest BCUT2D eigenvalue weighted by molar-refractivity contribution is 0.475. The normalized spacial score (nSPS) is 12.8. The smallest absolute Gasteiger partial charge is 0.115 e. The van der Waals surface area contributed by atoms with E-state index in [1.807, 2.05) is 6.07 Å². The summed E-state index contributed by atoms with van der Waals surface area (Å²) in [5.41, 5.74) is 2.66. The quantitative estimate of drug-likeness (QED) is 0.769. The molecule has 2 aromatic rings. The summed E-state index contributed by atoms with van der Waals surface area (Å²) in [6.45, 7) is 0.999. The molecule has 0 aromatic heterocycles. The third kappa shape index (κ3) is 2.74. The van der Waals surface area contributed by atoms with Crippen molar-refractivity contribution in [2.45, 2.75) is 0 Å². The van der Waals surface area contributed by atoms with Crippen molar-refractivity contribution >= 4 is 11.4 Å². The summed E-state index contributed by atoms with van der Waals surface area (Å²) in [5.74, 6) is 0.322. The highest BCUT2D eigenvalue weighted by Gasteiger charge is 2.18. The largest absolute Gasteiger partial charge is 0.508 e. The van der Waals surface area contributed by atoms with Gasteiger partial charge in [-0.3, -0.25) is 0 Å². The van der Waals surface area contributed by atoms with Crippen LogP contribution in [0.15, 0.2) is 54.6 Å². The van der Waals surface area contributed by atoms with Crippen LogP contribution in [0.4, 0.5) is 11.4 Å². The third-order valence-corrected chi connectivity index (χ3v) is 2.88. The van der Waals surface area contributed by atoms with Gasteiger partial charge in [0.1, 0.15) is 5.75 Å². The molecule has 0 fully saturated rings. The molecule has 3 heteroatoms. The van der Waals surface area contributed by atoms with Crippen LogP contribution in [0.25, 0.3) is 0 Å². The minimum absolute atomic E-state index is 0.322. The molecule has 0 spiro atoms. The summed E-state index contributed by atoms with van der Waals surface area (Å²) in [7, 11) is 4.23. The molecule has 0 radical (unpaired) electrons. The molecule has 3 rings (SSSR count).